The molecule has 0 atom stereocenters. The quantitative estimate of drug-likeness (QED) is 0.680. The second-order valence-corrected chi connectivity index (χ2v) is 10.9. The standard InChI is InChI=1S/C19H28BrN3O3S/c1-19(2,3)14-5-9-16(10-6-14)21-22-18(24)13-23(27(4,25)26)17-11-7-15(20)8-12-17/h7-8,11-12,14H,5-6,9-10,13H2,1-4H3,(H,22,24). The van der Waals surface area contributed by atoms with Gasteiger partial charge in [0.15, 0.2) is 0 Å². The van der Waals surface area contributed by atoms with Crippen molar-refractivity contribution in [1.82, 2.24) is 5.43 Å². The highest BCUT2D eigenvalue weighted by Crippen LogP contribution is 2.36. The van der Waals surface area contributed by atoms with Gasteiger partial charge >= 0.3 is 0 Å². The first kappa shape index (κ1) is 21.9. The van der Waals surface area contributed by atoms with Crippen LogP contribution in [-0.4, -0.2) is 32.8 Å². The van der Waals surface area contributed by atoms with Crippen LogP contribution in [-0.2, 0) is 14.8 Å². The number of hydrogen-bond acceptors (Lipinski definition) is 4. The summed E-state index contributed by atoms with van der Waals surface area (Å²) in [5.74, 6) is 0.207. The molecular formula is C19H28BrN3O3S. The van der Waals surface area contributed by atoms with Gasteiger partial charge in [-0.1, -0.05) is 36.7 Å². The van der Waals surface area contributed by atoms with Gasteiger partial charge in [0.1, 0.15) is 6.54 Å². The molecule has 150 valence electrons. The molecule has 0 saturated heterocycles. The molecule has 1 amide bonds. The number of benzene rings is 1. The van der Waals surface area contributed by atoms with Gasteiger partial charge in [-0.2, -0.15) is 5.10 Å². The Kier molecular flexibility index (Phi) is 7.08. The number of nitrogens with one attached hydrogen (secondary N) is 1. The smallest absolute Gasteiger partial charge is 0.260 e. The van der Waals surface area contributed by atoms with Gasteiger partial charge in [-0.15, -0.1) is 0 Å². The summed E-state index contributed by atoms with van der Waals surface area (Å²) in [7, 11) is -3.58. The van der Waals surface area contributed by atoms with Crippen molar-refractivity contribution in [2.45, 2.75) is 46.5 Å². The minimum Gasteiger partial charge on any atom is -0.271 e. The minimum atomic E-state index is -3.58. The molecule has 0 radical (unpaired) electrons. The van der Waals surface area contributed by atoms with E-state index in [-0.39, 0.29) is 12.0 Å². The molecule has 27 heavy (non-hydrogen) atoms. The highest BCUT2D eigenvalue weighted by atomic mass is 79.9. The molecule has 6 nitrogen and oxygen atoms in total. The molecule has 1 aliphatic carbocycles. The molecule has 0 bridgehead atoms. The van der Waals surface area contributed by atoms with Crippen LogP contribution in [0.3, 0.4) is 0 Å². The summed E-state index contributed by atoms with van der Waals surface area (Å²) in [5.41, 5.74) is 4.22. The summed E-state index contributed by atoms with van der Waals surface area (Å²) < 4.78 is 26.1. The van der Waals surface area contributed by atoms with Gasteiger partial charge in [0, 0.05) is 10.2 Å². The molecule has 0 aliphatic heterocycles. The molecule has 1 aromatic carbocycles. The second kappa shape index (κ2) is 8.73. The van der Waals surface area contributed by atoms with Crippen LogP contribution in [0.4, 0.5) is 5.69 Å². The number of hydrazone groups is 1. The van der Waals surface area contributed by atoms with Crippen LogP contribution in [0.25, 0.3) is 0 Å². The molecular weight excluding hydrogens is 430 g/mol. The van der Waals surface area contributed by atoms with Crippen LogP contribution >= 0.6 is 15.9 Å². The highest BCUT2D eigenvalue weighted by Gasteiger charge is 2.28. The number of anilines is 1. The minimum absolute atomic E-state index is 0.287. The fraction of sp³-hybridized carbons (Fsp3) is 0.579. The van der Waals surface area contributed by atoms with Gasteiger partial charge in [0.05, 0.1) is 11.9 Å². The second-order valence-electron chi connectivity index (χ2n) is 8.10. The van der Waals surface area contributed by atoms with Crippen LogP contribution in [0.2, 0.25) is 0 Å². The van der Waals surface area contributed by atoms with Gasteiger partial charge in [-0.05, 0) is 61.3 Å². The summed E-state index contributed by atoms with van der Waals surface area (Å²) in [6.07, 6.45) is 4.94. The van der Waals surface area contributed by atoms with E-state index in [0.717, 1.165) is 46.4 Å². The van der Waals surface area contributed by atoms with E-state index in [1.54, 1.807) is 24.3 Å². The Morgan fingerprint density at radius 1 is 1.22 bits per heavy atom. The van der Waals surface area contributed by atoms with Crippen molar-refractivity contribution in [1.29, 1.82) is 0 Å². The Hall–Kier alpha value is -1.41. The van der Waals surface area contributed by atoms with E-state index in [0.29, 0.717) is 11.6 Å². The van der Waals surface area contributed by atoms with Crippen molar-refractivity contribution < 1.29 is 13.2 Å². The van der Waals surface area contributed by atoms with Crippen molar-refractivity contribution in [2.75, 3.05) is 17.1 Å². The molecule has 1 aromatic rings. The third-order valence-corrected chi connectivity index (χ3v) is 6.60. The number of amides is 1. The fourth-order valence-corrected chi connectivity index (χ4v) is 4.36. The first-order valence-corrected chi connectivity index (χ1v) is 11.7. The van der Waals surface area contributed by atoms with E-state index >= 15 is 0 Å². The largest absolute Gasteiger partial charge is 0.271 e. The number of nitrogens with zero attached hydrogens (tertiary/aromatic N) is 2. The normalized spacial score (nSPS) is 18.1. The first-order valence-electron chi connectivity index (χ1n) is 9.04. The van der Waals surface area contributed by atoms with Crippen LogP contribution in [0.5, 0.6) is 0 Å². The number of carbonyl (C=O) groups is 1. The van der Waals surface area contributed by atoms with Crippen molar-refractivity contribution in [3.63, 3.8) is 0 Å². The molecule has 0 heterocycles. The summed E-state index contributed by atoms with van der Waals surface area (Å²) >= 11 is 3.32. The lowest BCUT2D eigenvalue weighted by atomic mass is 9.72. The van der Waals surface area contributed by atoms with Crippen LogP contribution in [0.15, 0.2) is 33.8 Å². The van der Waals surface area contributed by atoms with E-state index in [1.807, 2.05) is 0 Å². The summed E-state index contributed by atoms with van der Waals surface area (Å²) in [5, 5.41) is 4.23. The van der Waals surface area contributed by atoms with Crippen LogP contribution < -0.4 is 9.73 Å². The zero-order chi connectivity index (χ0) is 20.2. The predicted octanol–water partition coefficient (Wildman–Crippen LogP) is 3.92. The molecule has 1 saturated carbocycles. The van der Waals surface area contributed by atoms with E-state index in [1.165, 1.54) is 0 Å². The lowest BCUT2D eigenvalue weighted by Gasteiger charge is -2.34. The monoisotopic (exact) mass is 457 g/mol. The molecule has 0 aromatic heterocycles. The molecule has 1 fully saturated rings. The SMILES string of the molecule is CC(C)(C)C1CCC(=NNC(=O)CN(c2ccc(Br)cc2)S(C)(=O)=O)CC1. The zero-order valence-corrected chi connectivity index (χ0v) is 18.7. The van der Waals surface area contributed by atoms with Crippen LogP contribution in [0, 0.1) is 11.3 Å². The number of hydrogen-bond donors (Lipinski definition) is 1. The van der Waals surface area contributed by atoms with Crippen molar-refractivity contribution in [3.8, 4) is 0 Å². The van der Waals surface area contributed by atoms with Crippen molar-refractivity contribution in [2.24, 2.45) is 16.4 Å². The fourth-order valence-electron chi connectivity index (χ4n) is 3.24. The lowest BCUT2D eigenvalue weighted by Crippen LogP contribution is -2.39. The summed E-state index contributed by atoms with van der Waals surface area (Å²) in [6.45, 7) is 6.46. The highest BCUT2D eigenvalue weighted by molar-refractivity contribution is 9.10. The maximum Gasteiger partial charge on any atom is 0.260 e. The number of carbonyl (C=O) groups excluding carboxylic acids is 1. The predicted molar refractivity (Wildman–Crippen MR) is 113 cm³/mol. The zero-order valence-electron chi connectivity index (χ0n) is 16.3. The van der Waals surface area contributed by atoms with Gasteiger partial charge < -0.3 is 0 Å². The molecule has 0 unspecified atom stereocenters. The van der Waals surface area contributed by atoms with Gasteiger partial charge in [-0.25, -0.2) is 13.8 Å². The maximum absolute atomic E-state index is 12.3. The van der Waals surface area contributed by atoms with E-state index < -0.39 is 15.9 Å². The van der Waals surface area contributed by atoms with E-state index in [9.17, 15) is 13.2 Å². The first-order chi connectivity index (χ1) is 12.5. The summed E-state index contributed by atoms with van der Waals surface area (Å²) in [6, 6.07) is 6.77. The molecule has 1 aliphatic rings. The Morgan fingerprint density at radius 3 is 2.26 bits per heavy atom. The topological polar surface area (TPSA) is 78.8 Å². The molecule has 8 heteroatoms. The Bertz CT molecular complexity index is 788. The molecule has 2 rings (SSSR count). The van der Waals surface area contributed by atoms with E-state index in [2.05, 4.69) is 47.2 Å². The number of sulfonamides is 1. The Balaban J connectivity index is 1.98. The maximum atomic E-state index is 12.3. The third kappa shape index (κ3) is 6.60. The van der Waals surface area contributed by atoms with Crippen molar-refractivity contribution >= 4 is 43.3 Å². The third-order valence-electron chi connectivity index (χ3n) is 4.93. The number of rotatable bonds is 5. The van der Waals surface area contributed by atoms with Crippen molar-refractivity contribution in [3.05, 3.63) is 28.7 Å². The molecule has 0 spiro atoms. The Morgan fingerprint density at radius 2 is 1.78 bits per heavy atom. The average molecular weight is 458 g/mol. The van der Waals surface area contributed by atoms with Gasteiger partial charge in [0.2, 0.25) is 10.0 Å². The van der Waals surface area contributed by atoms with Gasteiger partial charge in [0.25, 0.3) is 5.91 Å². The Labute approximate surface area is 170 Å². The average Bonchev–Trinajstić information content (AvgIpc) is 2.57. The lowest BCUT2D eigenvalue weighted by molar-refractivity contribution is -0.119. The van der Waals surface area contributed by atoms with E-state index in [4.69, 9.17) is 0 Å². The number of halogens is 1. The van der Waals surface area contributed by atoms with Gasteiger partial charge in [-0.3, -0.25) is 9.10 Å². The van der Waals surface area contributed by atoms with Crippen LogP contribution in [0.1, 0.15) is 46.5 Å². The molecule has 1 N–H and O–H groups in total. The summed E-state index contributed by atoms with van der Waals surface area (Å²) in [4.78, 5) is 12.3.